The lowest BCUT2D eigenvalue weighted by molar-refractivity contribution is 0.399. The molecule has 16 aromatic rings. The lowest BCUT2D eigenvalue weighted by Crippen LogP contribution is -2.26. The summed E-state index contributed by atoms with van der Waals surface area (Å²) in [6, 6.07) is 103. The van der Waals surface area contributed by atoms with Gasteiger partial charge >= 0.3 is 0 Å². The first-order valence-corrected chi connectivity index (χ1v) is 49.9. The molecule has 0 radical (unpaired) electrons. The Labute approximate surface area is 766 Å². The molecule has 6 aliphatic carbocycles. The normalized spacial score (nSPS) is 15.6. The molecule has 22 rings (SSSR count). The molecule has 129 heavy (non-hydrogen) atoms. The number of anilines is 3. The van der Waals surface area contributed by atoms with Crippen LogP contribution in [0.1, 0.15) is 304 Å². The summed E-state index contributed by atoms with van der Waals surface area (Å²) in [6.07, 6.45) is 29.8. The fourth-order valence-corrected chi connectivity index (χ4v) is 25.9. The molecule has 648 valence electrons. The maximum atomic E-state index is 7.44. The molecule has 0 fully saturated rings. The smallest absolute Gasteiger partial charge is 0.143 e. The fourth-order valence-electron chi connectivity index (χ4n) is 25.9. The van der Waals surface area contributed by atoms with Gasteiger partial charge in [0.2, 0.25) is 0 Å². The second-order valence-corrected chi connectivity index (χ2v) is 41.8. The molecular weight excluding hydrogens is 1560 g/mol. The van der Waals surface area contributed by atoms with Crippen LogP contribution in [0.15, 0.2) is 270 Å². The van der Waals surface area contributed by atoms with E-state index in [0.29, 0.717) is 0 Å². The first-order valence-electron chi connectivity index (χ1n) is 49.9. The molecule has 6 aliphatic rings. The molecule has 0 unspecified atom stereocenters. The van der Waals surface area contributed by atoms with Crippen LogP contribution >= 0.6 is 0 Å². The van der Waals surface area contributed by atoms with Gasteiger partial charge in [-0.3, -0.25) is 0 Å². The Kier molecular flexibility index (Phi) is 20.8. The minimum absolute atomic E-state index is 0.0371. The first kappa shape index (κ1) is 83.1. The Balaban J connectivity index is 0.647. The van der Waals surface area contributed by atoms with E-state index in [0.717, 1.165) is 48.0 Å². The molecule has 0 N–H and O–H groups in total. The zero-order valence-corrected chi connectivity index (χ0v) is 78.6. The van der Waals surface area contributed by atoms with Gasteiger partial charge in [-0.2, -0.15) is 0 Å². The molecule has 2 heterocycles. The quantitative estimate of drug-likeness (QED) is 0.0420. The second-order valence-electron chi connectivity index (χ2n) is 41.8. The minimum Gasteiger partial charge on any atom is -0.456 e. The number of furan rings is 2. The van der Waals surface area contributed by atoms with Crippen LogP contribution in [0.4, 0.5) is 17.1 Å². The van der Waals surface area contributed by atoms with Crippen molar-refractivity contribution in [2.75, 3.05) is 4.90 Å². The van der Waals surface area contributed by atoms with E-state index in [1.807, 2.05) is 0 Å². The maximum absolute atomic E-state index is 7.44. The highest BCUT2D eigenvalue weighted by Gasteiger charge is 2.49. The lowest BCUT2D eigenvalue weighted by Gasteiger charge is -2.35. The van der Waals surface area contributed by atoms with Crippen molar-refractivity contribution in [1.29, 1.82) is 0 Å². The Morgan fingerprint density at radius 2 is 0.566 bits per heavy atom. The van der Waals surface area contributed by atoms with E-state index in [9.17, 15) is 0 Å². The largest absolute Gasteiger partial charge is 0.456 e. The molecule has 0 amide bonds. The molecular formula is C126H127NO2. The summed E-state index contributed by atoms with van der Waals surface area (Å²) >= 11 is 0. The molecule has 0 saturated heterocycles. The molecule has 0 spiro atoms. The Morgan fingerprint density at radius 3 is 1.12 bits per heavy atom. The van der Waals surface area contributed by atoms with E-state index < -0.39 is 0 Å². The highest BCUT2D eigenvalue weighted by molar-refractivity contribution is 6.19. The van der Waals surface area contributed by atoms with Crippen LogP contribution in [0.3, 0.4) is 0 Å². The van der Waals surface area contributed by atoms with Gasteiger partial charge in [-0.25, -0.2) is 0 Å². The van der Waals surface area contributed by atoms with Gasteiger partial charge in [0.15, 0.2) is 0 Å². The van der Waals surface area contributed by atoms with Crippen LogP contribution < -0.4 is 4.90 Å². The van der Waals surface area contributed by atoms with Crippen molar-refractivity contribution < 1.29 is 8.83 Å². The highest BCUT2D eigenvalue weighted by Crippen LogP contribution is 2.65. The summed E-state index contributed by atoms with van der Waals surface area (Å²) in [5.74, 6) is 0. The third-order valence-electron chi connectivity index (χ3n) is 32.9. The average molecular weight is 1690 g/mol. The third-order valence-corrected chi connectivity index (χ3v) is 32.9. The van der Waals surface area contributed by atoms with E-state index >= 15 is 0 Å². The van der Waals surface area contributed by atoms with Crippen molar-refractivity contribution in [3.05, 3.63) is 328 Å². The number of rotatable bonds is 30. The Hall–Kier alpha value is -11.5. The SMILES string of the molecule is CCCCCCCC1(CCCCCCC)c2ccccc2-c2ccc(-c3ccc4c(c3)C(C)(C)c3cc(-c5ccc(-c6cc7c(c8c6oc6ccccc68)-c6ccc(N(c8ccc9c(c8)C(C)(C)c8ccccc8-9)c8ccc9c(c8)C(C)(C)c8cc%10c(cc8-9)C(C)(C)c8ccc9oc%11ccccc%11c9c8-%10)cc6C7(CCCCCCC)CCCCCCC)cc5)ccc3-4)cc21. The van der Waals surface area contributed by atoms with Crippen LogP contribution in [0, 0.1) is 0 Å². The molecule has 0 bridgehead atoms. The van der Waals surface area contributed by atoms with E-state index in [1.165, 1.54) is 323 Å². The number of para-hydroxylation sites is 2. The van der Waals surface area contributed by atoms with Crippen LogP contribution in [0.5, 0.6) is 0 Å². The molecule has 3 nitrogen and oxygen atoms in total. The standard InChI is InChI=1S/C126H127NO2/c1-13-17-21-25-37-67-125(68-38-26-22-18-14-2)102-46-34-30-42-89(102)93-61-55-84(73-110(93)125)83-54-60-91-90-59-53-82(71-104(90)123(9,10)105(91)72-83)80-49-51-81(52-50-80)98-77-112-116(119-97-44-32-36-48-114(97)129-120(98)119)95-64-58-87(76-111(95)126(112,69-39-27-23-19-15-3)70-40-28-24-20-16-4)127(85-56-62-92-88-41-29-33-45-101(88)121(5,6)106(92)74-85)86-57-63-94-99-78-109-100(79-108(99)124(11,12)107(94)75-86)117-103(122(109,7)8)65-66-115-118(117)96-43-31-35-47-113(96)128-115/h29-36,41-66,71-79H,13-28,37-40,67-70H2,1-12H3. The molecule has 2 aromatic heterocycles. The van der Waals surface area contributed by atoms with Crippen LogP contribution in [0.25, 0.3) is 144 Å². The number of benzene rings is 14. The van der Waals surface area contributed by atoms with Crippen molar-refractivity contribution in [2.24, 2.45) is 0 Å². The second kappa shape index (κ2) is 32.2. The van der Waals surface area contributed by atoms with E-state index in [-0.39, 0.29) is 32.5 Å². The molecule has 0 aliphatic heterocycles. The zero-order chi connectivity index (χ0) is 88.0. The van der Waals surface area contributed by atoms with Crippen molar-refractivity contribution in [3.63, 3.8) is 0 Å². The van der Waals surface area contributed by atoms with Crippen LogP contribution in [0.2, 0.25) is 0 Å². The predicted molar refractivity (Wildman–Crippen MR) is 548 cm³/mol. The number of hydrogen-bond acceptors (Lipinski definition) is 3. The molecule has 3 heteroatoms. The predicted octanol–water partition coefficient (Wildman–Crippen LogP) is 37.2. The van der Waals surface area contributed by atoms with Gasteiger partial charge in [0.1, 0.15) is 22.3 Å². The van der Waals surface area contributed by atoms with Gasteiger partial charge in [-0.15, -0.1) is 0 Å². The van der Waals surface area contributed by atoms with Gasteiger partial charge in [-0.1, -0.05) is 381 Å². The van der Waals surface area contributed by atoms with Crippen LogP contribution in [-0.2, 0) is 32.5 Å². The van der Waals surface area contributed by atoms with E-state index in [4.69, 9.17) is 8.83 Å². The minimum atomic E-state index is -0.324. The number of fused-ring (bicyclic) bond motifs is 26. The summed E-state index contributed by atoms with van der Waals surface area (Å²) < 4.78 is 14.1. The van der Waals surface area contributed by atoms with Crippen LogP contribution in [-0.4, -0.2) is 0 Å². The van der Waals surface area contributed by atoms with Gasteiger partial charge in [0, 0.05) is 76.7 Å². The third kappa shape index (κ3) is 13.1. The summed E-state index contributed by atoms with van der Waals surface area (Å²) in [7, 11) is 0. The fraction of sp³-hybridized carbons (Fsp3) is 0.333. The first-order chi connectivity index (χ1) is 62.8. The Morgan fingerprint density at radius 1 is 0.217 bits per heavy atom. The molecule has 0 saturated carbocycles. The average Bonchev–Trinajstić information content (AvgIpc) is 1.53. The zero-order valence-electron chi connectivity index (χ0n) is 78.6. The number of nitrogens with zero attached hydrogens (tertiary/aromatic N) is 1. The van der Waals surface area contributed by atoms with E-state index in [1.54, 1.807) is 11.1 Å². The molecule has 0 atom stereocenters. The highest BCUT2D eigenvalue weighted by atomic mass is 16.3. The number of unbranched alkanes of at least 4 members (excludes halogenated alkanes) is 16. The molecule has 14 aromatic carbocycles. The van der Waals surface area contributed by atoms with Crippen molar-refractivity contribution in [2.45, 2.75) is 270 Å². The van der Waals surface area contributed by atoms with Gasteiger partial charge < -0.3 is 13.7 Å². The number of hydrogen-bond donors (Lipinski definition) is 0. The van der Waals surface area contributed by atoms with E-state index in [2.05, 4.69) is 349 Å². The van der Waals surface area contributed by atoms with Gasteiger partial charge in [-0.05, 0) is 278 Å². The summed E-state index contributed by atoms with van der Waals surface area (Å²) in [5, 5.41) is 4.84. The summed E-state index contributed by atoms with van der Waals surface area (Å²) in [5.41, 5.74) is 47.1. The maximum Gasteiger partial charge on any atom is 0.143 e. The summed E-state index contributed by atoms with van der Waals surface area (Å²) in [4.78, 5) is 2.66. The topological polar surface area (TPSA) is 29.5 Å². The van der Waals surface area contributed by atoms with Crippen molar-refractivity contribution in [3.8, 4) is 100 Å². The van der Waals surface area contributed by atoms with Crippen molar-refractivity contribution in [1.82, 2.24) is 0 Å². The Bertz CT molecular complexity index is 7110. The van der Waals surface area contributed by atoms with Crippen molar-refractivity contribution >= 4 is 60.9 Å². The monoisotopic (exact) mass is 1690 g/mol. The van der Waals surface area contributed by atoms with Gasteiger partial charge in [0.05, 0.1) is 0 Å². The summed E-state index contributed by atoms with van der Waals surface area (Å²) in [6.45, 7) is 29.0. The van der Waals surface area contributed by atoms with Gasteiger partial charge in [0.25, 0.3) is 0 Å². The lowest BCUT2D eigenvalue weighted by atomic mass is 9.70.